The maximum atomic E-state index is 6.24. The summed E-state index contributed by atoms with van der Waals surface area (Å²) < 4.78 is 11.6. The molecule has 2 N–H and O–H groups in total. The number of aryl methyl sites for hydroxylation is 2. The lowest BCUT2D eigenvalue weighted by molar-refractivity contribution is -0.920. The van der Waals surface area contributed by atoms with Gasteiger partial charge in [0.25, 0.3) is 0 Å². The Hall–Kier alpha value is -2.04. The van der Waals surface area contributed by atoms with Crippen LogP contribution in [-0.4, -0.2) is 50.9 Å². The van der Waals surface area contributed by atoms with E-state index in [0.29, 0.717) is 12.1 Å². The van der Waals surface area contributed by atoms with Crippen molar-refractivity contribution >= 4 is 0 Å². The summed E-state index contributed by atoms with van der Waals surface area (Å²) in [7, 11) is 5.82. The quantitative estimate of drug-likeness (QED) is 0.600. The van der Waals surface area contributed by atoms with Crippen LogP contribution in [0.3, 0.4) is 0 Å². The molecule has 2 aromatic carbocycles. The minimum absolute atomic E-state index is 0.381. The van der Waals surface area contributed by atoms with E-state index in [0.717, 1.165) is 28.8 Å². The summed E-state index contributed by atoms with van der Waals surface area (Å²) in [5.74, 6) is 1.85. The molecule has 0 radical (unpaired) electrons. The van der Waals surface area contributed by atoms with E-state index in [2.05, 4.69) is 55.6 Å². The van der Waals surface area contributed by atoms with Gasteiger partial charge in [0.1, 0.15) is 17.5 Å². The van der Waals surface area contributed by atoms with Crippen LogP contribution in [0.1, 0.15) is 30.4 Å². The number of hydrogen-bond donors (Lipinski definition) is 1. The summed E-state index contributed by atoms with van der Waals surface area (Å²) in [5, 5.41) is 0. The van der Waals surface area contributed by atoms with Crippen molar-refractivity contribution in [2.24, 2.45) is 5.73 Å². The molecule has 3 rings (SSSR count). The lowest BCUT2D eigenvalue weighted by Gasteiger charge is -2.35. The van der Waals surface area contributed by atoms with Gasteiger partial charge >= 0.3 is 0 Å². The van der Waals surface area contributed by atoms with Gasteiger partial charge in [0.15, 0.2) is 0 Å². The minimum Gasteiger partial charge on any atom is -0.497 e. The van der Waals surface area contributed by atoms with E-state index in [4.69, 9.17) is 15.2 Å². The SMILES string of the molecule is COc1ccc(CCC[N+](C)(CCCc2ccc(OC)cc2)C2C[C@H]2N)cc1. The number of methoxy groups -OCH3 is 2. The topological polar surface area (TPSA) is 44.5 Å². The van der Waals surface area contributed by atoms with Crippen LogP contribution in [0.15, 0.2) is 48.5 Å². The van der Waals surface area contributed by atoms with Crippen molar-refractivity contribution in [3.63, 3.8) is 0 Å². The molecule has 4 heteroatoms. The molecule has 1 unspecified atom stereocenters. The van der Waals surface area contributed by atoms with Crippen molar-refractivity contribution in [1.29, 1.82) is 0 Å². The average Bonchev–Trinajstić information content (AvgIpc) is 3.47. The van der Waals surface area contributed by atoms with Gasteiger partial charge in [-0.3, -0.25) is 0 Å². The summed E-state index contributed by atoms with van der Waals surface area (Å²) in [6.45, 7) is 2.38. The molecule has 4 nitrogen and oxygen atoms in total. The number of likely N-dealkylation sites (N-methyl/N-ethyl adjacent to an activating group) is 1. The van der Waals surface area contributed by atoms with Crippen molar-refractivity contribution in [1.82, 2.24) is 0 Å². The second kappa shape index (κ2) is 9.44. The Balaban J connectivity index is 1.49. The molecule has 0 saturated heterocycles. The first-order valence-corrected chi connectivity index (χ1v) is 10.4. The molecule has 0 aliphatic heterocycles. The van der Waals surface area contributed by atoms with E-state index in [1.54, 1.807) is 14.2 Å². The number of ether oxygens (including phenoxy) is 2. The van der Waals surface area contributed by atoms with Gasteiger partial charge in [0.05, 0.1) is 40.4 Å². The molecule has 0 aromatic heterocycles. The number of nitrogens with zero attached hydrogens (tertiary/aromatic N) is 1. The number of hydrogen-bond acceptors (Lipinski definition) is 3. The molecule has 2 aromatic rings. The molecule has 152 valence electrons. The zero-order valence-corrected chi connectivity index (χ0v) is 17.6. The van der Waals surface area contributed by atoms with Crippen molar-refractivity contribution in [3.8, 4) is 11.5 Å². The third-order valence-electron chi connectivity index (χ3n) is 6.19. The Morgan fingerprint density at radius 2 is 1.21 bits per heavy atom. The summed E-state index contributed by atoms with van der Waals surface area (Å²) >= 11 is 0. The van der Waals surface area contributed by atoms with Gasteiger partial charge in [0.2, 0.25) is 0 Å². The van der Waals surface area contributed by atoms with Crippen LogP contribution in [0.5, 0.6) is 11.5 Å². The number of rotatable bonds is 11. The Morgan fingerprint density at radius 3 is 1.54 bits per heavy atom. The van der Waals surface area contributed by atoms with Gasteiger partial charge in [-0.25, -0.2) is 0 Å². The van der Waals surface area contributed by atoms with Gasteiger partial charge in [-0.2, -0.15) is 0 Å². The van der Waals surface area contributed by atoms with Crippen LogP contribution in [-0.2, 0) is 12.8 Å². The van der Waals surface area contributed by atoms with E-state index in [9.17, 15) is 0 Å². The summed E-state index contributed by atoms with van der Waals surface area (Å²) in [5.41, 5.74) is 9.00. The van der Waals surface area contributed by atoms with Crippen molar-refractivity contribution in [3.05, 3.63) is 59.7 Å². The van der Waals surface area contributed by atoms with E-state index in [1.807, 2.05) is 0 Å². The second-order valence-electron chi connectivity index (χ2n) is 8.30. The van der Waals surface area contributed by atoms with Crippen LogP contribution in [0, 0.1) is 0 Å². The molecule has 1 aliphatic rings. The Kier molecular flexibility index (Phi) is 6.97. The molecule has 0 heterocycles. The van der Waals surface area contributed by atoms with Crippen molar-refractivity contribution in [2.45, 2.75) is 44.2 Å². The summed E-state index contributed by atoms with van der Waals surface area (Å²) in [6, 6.07) is 17.9. The first-order valence-electron chi connectivity index (χ1n) is 10.4. The third kappa shape index (κ3) is 5.49. The van der Waals surface area contributed by atoms with Crippen LogP contribution in [0.2, 0.25) is 0 Å². The van der Waals surface area contributed by atoms with E-state index in [1.165, 1.54) is 43.5 Å². The number of quaternary nitrogens is 1. The highest BCUT2D eigenvalue weighted by atomic mass is 16.5. The molecule has 1 aliphatic carbocycles. The highest BCUT2D eigenvalue weighted by Gasteiger charge is 2.48. The van der Waals surface area contributed by atoms with Crippen LogP contribution >= 0.6 is 0 Å². The fourth-order valence-electron chi connectivity index (χ4n) is 4.23. The normalized spacial score (nSPS) is 18.7. The zero-order valence-electron chi connectivity index (χ0n) is 17.6. The van der Waals surface area contributed by atoms with E-state index >= 15 is 0 Å². The summed E-state index contributed by atoms with van der Waals surface area (Å²) in [4.78, 5) is 0. The van der Waals surface area contributed by atoms with E-state index < -0.39 is 0 Å². The Labute approximate surface area is 169 Å². The van der Waals surface area contributed by atoms with Crippen molar-refractivity contribution in [2.75, 3.05) is 34.4 Å². The fourth-order valence-corrected chi connectivity index (χ4v) is 4.23. The second-order valence-corrected chi connectivity index (χ2v) is 8.30. The largest absolute Gasteiger partial charge is 0.497 e. The van der Waals surface area contributed by atoms with Gasteiger partial charge in [-0.1, -0.05) is 24.3 Å². The molecule has 0 bridgehead atoms. The number of nitrogens with two attached hydrogens (primary N) is 1. The lowest BCUT2D eigenvalue weighted by Crippen LogP contribution is -2.50. The zero-order chi connectivity index (χ0) is 20.0. The standard InChI is InChI=1S/C24H35N2O2/c1-26(24-18-23(24)25,16-4-6-19-8-12-21(27-2)13-9-19)17-5-7-20-10-14-22(28-3)15-11-20/h8-15,23-24H,4-7,16-18,25H2,1-3H3/q+1/t23-,24?/m1/s1. The average molecular weight is 384 g/mol. The third-order valence-corrected chi connectivity index (χ3v) is 6.19. The highest BCUT2D eigenvalue weighted by molar-refractivity contribution is 5.27. The molecular weight excluding hydrogens is 348 g/mol. The molecular formula is C24H35N2O2+. The molecule has 1 saturated carbocycles. The Morgan fingerprint density at radius 1 is 0.821 bits per heavy atom. The van der Waals surface area contributed by atoms with Crippen LogP contribution in [0.25, 0.3) is 0 Å². The van der Waals surface area contributed by atoms with Crippen LogP contribution in [0.4, 0.5) is 0 Å². The summed E-state index contributed by atoms with van der Waals surface area (Å²) in [6.07, 6.45) is 5.77. The first kappa shape index (κ1) is 20.7. The maximum absolute atomic E-state index is 6.24. The van der Waals surface area contributed by atoms with Crippen molar-refractivity contribution < 1.29 is 14.0 Å². The predicted molar refractivity (Wildman–Crippen MR) is 115 cm³/mol. The van der Waals surface area contributed by atoms with E-state index in [-0.39, 0.29) is 0 Å². The van der Waals surface area contributed by atoms with Crippen LogP contribution < -0.4 is 15.2 Å². The van der Waals surface area contributed by atoms with Gasteiger partial charge in [0, 0.05) is 19.3 Å². The lowest BCUT2D eigenvalue weighted by atomic mass is 10.1. The van der Waals surface area contributed by atoms with Gasteiger partial charge in [-0.15, -0.1) is 0 Å². The predicted octanol–water partition coefficient (Wildman–Crippen LogP) is 3.82. The minimum atomic E-state index is 0.381. The Bertz CT molecular complexity index is 674. The highest BCUT2D eigenvalue weighted by Crippen LogP contribution is 2.32. The molecule has 0 amide bonds. The maximum Gasteiger partial charge on any atom is 0.118 e. The van der Waals surface area contributed by atoms with Gasteiger partial charge < -0.3 is 19.7 Å². The fraction of sp³-hybridized carbons (Fsp3) is 0.500. The molecule has 2 atom stereocenters. The molecule has 1 fully saturated rings. The monoisotopic (exact) mass is 383 g/mol. The molecule has 0 spiro atoms. The first-order chi connectivity index (χ1) is 13.5. The van der Waals surface area contributed by atoms with Gasteiger partial charge in [-0.05, 0) is 48.2 Å². The smallest absolute Gasteiger partial charge is 0.118 e. The number of benzene rings is 2. The molecule has 28 heavy (non-hydrogen) atoms.